The van der Waals surface area contributed by atoms with Gasteiger partial charge in [-0.2, -0.15) is 0 Å². The molecule has 0 aromatic heterocycles. The van der Waals surface area contributed by atoms with Crippen molar-refractivity contribution in [2.75, 3.05) is 19.8 Å². The van der Waals surface area contributed by atoms with Crippen molar-refractivity contribution in [2.45, 2.75) is 39.2 Å². The zero-order valence-corrected chi connectivity index (χ0v) is 13.3. The van der Waals surface area contributed by atoms with Gasteiger partial charge in [-0.15, -0.1) is 0 Å². The Morgan fingerprint density at radius 2 is 2.16 bits per heavy atom. The van der Waals surface area contributed by atoms with Gasteiger partial charge in [0.25, 0.3) is 0 Å². The van der Waals surface area contributed by atoms with Crippen molar-refractivity contribution in [3.63, 3.8) is 0 Å². The van der Waals surface area contributed by atoms with Crippen LogP contribution < -0.4 is 5.32 Å². The average molecular weight is 332 g/mol. The zero-order valence-electron chi connectivity index (χ0n) is 11.7. The molecular formula is C15H23BrFNO. The molecule has 0 saturated heterocycles. The van der Waals surface area contributed by atoms with Gasteiger partial charge in [0.1, 0.15) is 5.82 Å². The second-order valence-electron chi connectivity index (χ2n) is 4.49. The van der Waals surface area contributed by atoms with E-state index in [1.807, 2.05) is 19.1 Å². The molecule has 1 unspecified atom stereocenters. The van der Waals surface area contributed by atoms with Crippen molar-refractivity contribution >= 4 is 15.9 Å². The molecule has 1 aromatic rings. The zero-order chi connectivity index (χ0) is 14.1. The normalized spacial score (nSPS) is 12.6. The molecule has 2 nitrogen and oxygen atoms in total. The van der Waals surface area contributed by atoms with Crippen molar-refractivity contribution in [1.82, 2.24) is 5.32 Å². The smallest absolute Gasteiger partial charge is 0.142 e. The summed E-state index contributed by atoms with van der Waals surface area (Å²) in [5, 5.41) is 3.41. The molecule has 1 aromatic carbocycles. The standard InChI is InChI=1S/C15H23BrFNO/c1-3-10-18-14(9-6-11-19-4-2)12-7-5-8-13(16)15(12)17/h5,7-8,14,18H,3-4,6,9-11H2,1-2H3. The van der Waals surface area contributed by atoms with Crippen LogP contribution in [-0.4, -0.2) is 19.8 Å². The molecule has 0 aliphatic rings. The van der Waals surface area contributed by atoms with Gasteiger partial charge in [-0.1, -0.05) is 19.1 Å². The molecule has 0 saturated carbocycles. The molecule has 4 heteroatoms. The van der Waals surface area contributed by atoms with Gasteiger partial charge in [0, 0.05) is 24.8 Å². The summed E-state index contributed by atoms with van der Waals surface area (Å²) in [4.78, 5) is 0. The van der Waals surface area contributed by atoms with Gasteiger partial charge >= 0.3 is 0 Å². The van der Waals surface area contributed by atoms with Gasteiger partial charge in [0.05, 0.1) is 4.47 Å². The Labute approximate surface area is 123 Å². The summed E-state index contributed by atoms with van der Waals surface area (Å²) in [6.07, 6.45) is 2.85. The second kappa shape index (κ2) is 9.45. The van der Waals surface area contributed by atoms with Gasteiger partial charge < -0.3 is 10.1 Å². The summed E-state index contributed by atoms with van der Waals surface area (Å²) in [6, 6.07) is 5.52. The third-order valence-electron chi connectivity index (χ3n) is 2.98. The maximum absolute atomic E-state index is 14.1. The number of ether oxygens (including phenoxy) is 1. The highest BCUT2D eigenvalue weighted by Gasteiger charge is 2.16. The summed E-state index contributed by atoms with van der Waals surface area (Å²) < 4.78 is 20.0. The van der Waals surface area contributed by atoms with E-state index >= 15 is 0 Å². The van der Waals surface area contributed by atoms with Crippen LogP contribution in [0.4, 0.5) is 4.39 Å². The van der Waals surface area contributed by atoms with E-state index < -0.39 is 0 Å². The van der Waals surface area contributed by atoms with Crippen LogP contribution >= 0.6 is 15.9 Å². The Hall–Kier alpha value is -0.450. The highest BCUT2D eigenvalue weighted by Crippen LogP contribution is 2.26. The molecule has 0 aliphatic heterocycles. The lowest BCUT2D eigenvalue weighted by Crippen LogP contribution is -2.23. The number of rotatable bonds is 9. The van der Waals surface area contributed by atoms with Crippen molar-refractivity contribution in [2.24, 2.45) is 0 Å². The van der Waals surface area contributed by atoms with Crippen molar-refractivity contribution < 1.29 is 9.13 Å². The number of halogens is 2. The molecule has 0 spiro atoms. The highest BCUT2D eigenvalue weighted by molar-refractivity contribution is 9.10. The van der Waals surface area contributed by atoms with Gasteiger partial charge in [0.2, 0.25) is 0 Å². The van der Waals surface area contributed by atoms with E-state index in [4.69, 9.17) is 4.74 Å². The fraction of sp³-hybridized carbons (Fsp3) is 0.600. The first-order valence-corrected chi connectivity index (χ1v) is 7.75. The SMILES string of the molecule is CCCNC(CCCOCC)c1cccc(Br)c1F. The molecule has 0 radical (unpaired) electrons. The number of nitrogens with one attached hydrogen (secondary N) is 1. The predicted octanol–water partition coefficient (Wildman–Crippen LogP) is 4.45. The maximum atomic E-state index is 14.1. The Kier molecular flexibility index (Phi) is 8.26. The van der Waals surface area contributed by atoms with Gasteiger partial charge in [-0.05, 0) is 54.7 Å². The maximum Gasteiger partial charge on any atom is 0.142 e. The van der Waals surface area contributed by atoms with Crippen LogP contribution in [0.2, 0.25) is 0 Å². The van der Waals surface area contributed by atoms with Crippen LogP contribution in [0.25, 0.3) is 0 Å². The lowest BCUT2D eigenvalue weighted by atomic mass is 10.0. The molecule has 0 bridgehead atoms. The molecule has 1 rings (SSSR count). The lowest BCUT2D eigenvalue weighted by Gasteiger charge is -2.20. The number of hydrogen-bond donors (Lipinski definition) is 1. The Bertz CT molecular complexity index is 373. The molecule has 19 heavy (non-hydrogen) atoms. The van der Waals surface area contributed by atoms with E-state index in [9.17, 15) is 4.39 Å². The predicted molar refractivity (Wildman–Crippen MR) is 80.9 cm³/mol. The number of benzene rings is 1. The second-order valence-corrected chi connectivity index (χ2v) is 5.34. The minimum absolute atomic E-state index is 0.0536. The first-order chi connectivity index (χ1) is 9.20. The molecule has 0 fully saturated rings. The van der Waals surface area contributed by atoms with Gasteiger partial charge in [-0.3, -0.25) is 0 Å². The molecule has 0 aliphatic carbocycles. The van der Waals surface area contributed by atoms with E-state index in [-0.39, 0.29) is 11.9 Å². The van der Waals surface area contributed by atoms with Crippen LogP contribution in [0.15, 0.2) is 22.7 Å². The monoisotopic (exact) mass is 331 g/mol. The van der Waals surface area contributed by atoms with Gasteiger partial charge in [-0.25, -0.2) is 4.39 Å². The molecule has 0 heterocycles. The van der Waals surface area contributed by atoms with E-state index in [0.29, 0.717) is 4.47 Å². The molecule has 108 valence electrons. The minimum Gasteiger partial charge on any atom is -0.382 e. The largest absolute Gasteiger partial charge is 0.382 e. The quantitative estimate of drug-likeness (QED) is 0.675. The molecular weight excluding hydrogens is 309 g/mol. The van der Waals surface area contributed by atoms with Crippen LogP contribution in [-0.2, 0) is 4.74 Å². The lowest BCUT2D eigenvalue weighted by molar-refractivity contribution is 0.140. The van der Waals surface area contributed by atoms with Crippen LogP contribution in [0.1, 0.15) is 44.7 Å². The third kappa shape index (κ3) is 5.59. The molecule has 1 atom stereocenters. The van der Waals surface area contributed by atoms with Gasteiger partial charge in [0.15, 0.2) is 0 Å². The highest BCUT2D eigenvalue weighted by atomic mass is 79.9. The average Bonchev–Trinajstić information content (AvgIpc) is 2.42. The van der Waals surface area contributed by atoms with E-state index in [1.54, 1.807) is 6.07 Å². The summed E-state index contributed by atoms with van der Waals surface area (Å²) in [6.45, 7) is 6.46. The van der Waals surface area contributed by atoms with Crippen molar-refractivity contribution in [1.29, 1.82) is 0 Å². The summed E-state index contributed by atoms with van der Waals surface area (Å²) >= 11 is 3.25. The van der Waals surface area contributed by atoms with Crippen LogP contribution in [0.3, 0.4) is 0 Å². The Morgan fingerprint density at radius 3 is 2.84 bits per heavy atom. The summed E-state index contributed by atoms with van der Waals surface area (Å²) in [7, 11) is 0. The van der Waals surface area contributed by atoms with E-state index in [1.165, 1.54) is 0 Å². The number of hydrogen-bond acceptors (Lipinski definition) is 2. The van der Waals surface area contributed by atoms with Crippen LogP contribution in [0, 0.1) is 5.82 Å². The van der Waals surface area contributed by atoms with Crippen molar-refractivity contribution in [3.05, 3.63) is 34.1 Å². The van der Waals surface area contributed by atoms with E-state index in [0.717, 1.165) is 44.6 Å². The fourth-order valence-corrected chi connectivity index (χ4v) is 2.39. The molecule has 0 amide bonds. The van der Waals surface area contributed by atoms with Crippen LogP contribution in [0.5, 0.6) is 0 Å². The molecule has 1 N–H and O–H groups in total. The first kappa shape index (κ1) is 16.6. The summed E-state index contributed by atoms with van der Waals surface area (Å²) in [5.74, 6) is -0.160. The topological polar surface area (TPSA) is 21.3 Å². The van der Waals surface area contributed by atoms with Crippen molar-refractivity contribution in [3.8, 4) is 0 Å². The van der Waals surface area contributed by atoms with E-state index in [2.05, 4.69) is 28.2 Å². The minimum atomic E-state index is -0.160. The first-order valence-electron chi connectivity index (χ1n) is 6.95. The third-order valence-corrected chi connectivity index (χ3v) is 3.60. The fourth-order valence-electron chi connectivity index (χ4n) is 2.01. The Balaban J connectivity index is 2.69. The summed E-state index contributed by atoms with van der Waals surface area (Å²) in [5.41, 5.74) is 0.735. The Morgan fingerprint density at radius 1 is 1.37 bits per heavy atom.